The van der Waals surface area contributed by atoms with E-state index in [1.165, 1.54) is 50.2 Å². The molecular weight excluding hydrogens is 668 g/mol. The monoisotopic (exact) mass is 699 g/mol. The number of anilines is 1. The number of alkyl halides is 6. The van der Waals surface area contributed by atoms with Crippen LogP contribution in [0.25, 0.3) is 11.1 Å². The van der Waals surface area contributed by atoms with Crippen LogP contribution in [-0.2, 0) is 48.0 Å². The van der Waals surface area contributed by atoms with Gasteiger partial charge in [-0.1, -0.05) is 72.8 Å². The minimum absolute atomic E-state index is 0.0528. The Hall–Kier alpha value is -5.46. The van der Waals surface area contributed by atoms with Crippen molar-refractivity contribution in [3.8, 4) is 11.1 Å². The molecule has 0 saturated heterocycles. The summed E-state index contributed by atoms with van der Waals surface area (Å²) in [6, 6.07) is 20.4. The van der Waals surface area contributed by atoms with Gasteiger partial charge in [0, 0.05) is 18.4 Å². The molecule has 4 aromatic carbocycles. The van der Waals surface area contributed by atoms with E-state index in [2.05, 4.69) is 5.32 Å². The molecule has 13 heteroatoms. The van der Waals surface area contributed by atoms with E-state index in [9.17, 15) is 45.5 Å². The highest BCUT2D eigenvalue weighted by Crippen LogP contribution is 2.38. The molecule has 4 rings (SSSR count). The van der Waals surface area contributed by atoms with Crippen molar-refractivity contribution in [2.75, 3.05) is 18.5 Å². The quantitative estimate of drug-likeness (QED) is 0.0910. The van der Waals surface area contributed by atoms with Crippen LogP contribution in [-0.4, -0.2) is 36.8 Å². The molecule has 0 spiro atoms. The van der Waals surface area contributed by atoms with Gasteiger partial charge in [0.1, 0.15) is 5.78 Å². The van der Waals surface area contributed by atoms with E-state index in [1.807, 2.05) is 0 Å². The molecule has 262 valence electrons. The molecule has 50 heavy (non-hydrogen) atoms. The summed E-state index contributed by atoms with van der Waals surface area (Å²) in [7, 11) is 0. The summed E-state index contributed by atoms with van der Waals surface area (Å²) in [5.41, 5.74) is -5.78. The van der Waals surface area contributed by atoms with Crippen molar-refractivity contribution in [1.82, 2.24) is 0 Å². The van der Waals surface area contributed by atoms with Gasteiger partial charge < -0.3 is 14.8 Å². The van der Waals surface area contributed by atoms with Gasteiger partial charge in [-0.15, -0.1) is 0 Å². The highest BCUT2D eigenvalue weighted by atomic mass is 19.4. The maximum Gasteiger partial charge on any atom is 0.418 e. The number of hydrogen-bond acceptors (Lipinski definition) is 6. The number of rotatable bonds is 12. The van der Waals surface area contributed by atoms with E-state index in [0.717, 1.165) is 24.3 Å². The van der Waals surface area contributed by atoms with Crippen LogP contribution >= 0.6 is 0 Å². The lowest BCUT2D eigenvalue weighted by molar-refractivity contribution is -0.166. The number of amides is 1. The van der Waals surface area contributed by atoms with Gasteiger partial charge in [-0.3, -0.25) is 19.2 Å². The first kappa shape index (κ1) is 37.4. The second kappa shape index (κ2) is 15.4. The summed E-state index contributed by atoms with van der Waals surface area (Å²) in [4.78, 5) is 53.4. The number of Topliss-reactive ketones (excluding diaryl/α,β-unsaturated/α-hetero) is 1. The highest BCUT2D eigenvalue weighted by Gasteiger charge is 2.52. The van der Waals surface area contributed by atoms with Crippen LogP contribution in [0.4, 0.5) is 32.0 Å². The van der Waals surface area contributed by atoms with Gasteiger partial charge in [0.25, 0.3) is 5.91 Å². The number of halogens is 6. The van der Waals surface area contributed by atoms with Gasteiger partial charge in [-0.25, -0.2) is 0 Å². The summed E-state index contributed by atoms with van der Waals surface area (Å²) in [5, 5.41) is 2.09. The fourth-order valence-electron chi connectivity index (χ4n) is 5.40. The molecule has 0 heterocycles. The van der Waals surface area contributed by atoms with Crippen LogP contribution in [0.15, 0.2) is 97.1 Å². The van der Waals surface area contributed by atoms with Gasteiger partial charge in [0.05, 0.1) is 30.0 Å². The Bertz CT molecular complexity index is 1840. The number of carbonyl (C=O) groups excluding carboxylic acids is 4. The van der Waals surface area contributed by atoms with Crippen molar-refractivity contribution in [3.05, 3.63) is 125 Å². The Morgan fingerprint density at radius 3 is 1.78 bits per heavy atom. The van der Waals surface area contributed by atoms with E-state index in [4.69, 9.17) is 9.47 Å². The molecule has 1 amide bonds. The number of benzene rings is 4. The summed E-state index contributed by atoms with van der Waals surface area (Å²) in [6.45, 7) is 2.71. The van der Waals surface area contributed by atoms with Crippen LogP contribution < -0.4 is 5.32 Å². The lowest BCUT2D eigenvalue weighted by Crippen LogP contribution is -2.48. The molecule has 0 aliphatic rings. The van der Waals surface area contributed by atoms with E-state index < -0.39 is 76.6 Å². The molecule has 0 saturated carbocycles. The maximum atomic E-state index is 14.3. The molecular formula is C37H31F6NO6. The lowest BCUT2D eigenvalue weighted by atomic mass is 9.75. The molecule has 0 atom stereocenters. The van der Waals surface area contributed by atoms with Crippen LogP contribution in [0.1, 0.15) is 52.9 Å². The number of carbonyl (C=O) groups is 4. The molecule has 0 aliphatic heterocycles. The summed E-state index contributed by atoms with van der Waals surface area (Å²) >= 11 is 0. The third-order valence-corrected chi connectivity index (χ3v) is 7.69. The standard InChI is InChI=1S/C37H31F6NO6/c1-3-49-33(47)35(34(48)50-4-2,25-13-9-6-10-14-25)22-27(45)19-23-15-18-31(30(20-23)37(41,42)43)44-32(46)29-21-26(36(38,39)40)16-17-28(29)24-11-7-5-8-12-24/h5-18,20-21H,3-4,19,22H2,1-2H3,(H,44,46). The SMILES string of the molecule is CCOC(=O)C(CC(=O)Cc1ccc(NC(=O)c2cc(C(F)(F)F)ccc2-c2ccccc2)c(C(F)(F)F)c1)(C(=O)OCC)c1ccccc1. The zero-order chi connectivity index (χ0) is 36.7. The lowest BCUT2D eigenvalue weighted by Gasteiger charge is -2.29. The summed E-state index contributed by atoms with van der Waals surface area (Å²) in [6.07, 6.45) is -11.4. The van der Waals surface area contributed by atoms with Gasteiger partial charge in [-0.05, 0) is 60.4 Å². The number of ether oxygens (including phenoxy) is 2. The zero-order valence-electron chi connectivity index (χ0n) is 26.8. The average Bonchev–Trinajstić information content (AvgIpc) is 3.07. The van der Waals surface area contributed by atoms with Crippen molar-refractivity contribution in [1.29, 1.82) is 0 Å². The van der Waals surface area contributed by atoms with Gasteiger partial charge >= 0.3 is 24.3 Å². The van der Waals surface area contributed by atoms with E-state index in [0.29, 0.717) is 17.7 Å². The van der Waals surface area contributed by atoms with Crippen LogP contribution in [0.5, 0.6) is 0 Å². The minimum Gasteiger partial charge on any atom is -0.465 e. The molecule has 0 aromatic heterocycles. The first-order valence-electron chi connectivity index (χ1n) is 15.3. The average molecular weight is 700 g/mol. The van der Waals surface area contributed by atoms with Gasteiger partial charge in [-0.2, -0.15) is 26.3 Å². The third-order valence-electron chi connectivity index (χ3n) is 7.69. The fourth-order valence-corrected chi connectivity index (χ4v) is 5.40. The summed E-state index contributed by atoms with van der Waals surface area (Å²) in [5.74, 6) is -4.19. The number of hydrogen-bond donors (Lipinski definition) is 1. The smallest absolute Gasteiger partial charge is 0.418 e. The fraction of sp³-hybridized carbons (Fsp3) is 0.243. The predicted octanol–water partition coefficient (Wildman–Crippen LogP) is 8.21. The minimum atomic E-state index is -5.08. The van der Waals surface area contributed by atoms with Crippen molar-refractivity contribution in [3.63, 3.8) is 0 Å². The molecule has 0 unspecified atom stereocenters. The molecule has 0 radical (unpaired) electrons. The summed E-state index contributed by atoms with van der Waals surface area (Å²) < 4.78 is 94.1. The number of ketones is 1. The second-order valence-corrected chi connectivity index (χ2v) is 11.1. The first-order chi connectivity index (χ1) is 23.6. The van der Waals surface area contributed by atoms with Crippen LogP contribution in [0.2, 0.25) is 0 Å². The van der Waals surface area contributed by atoms with Crippen LogP contribution in [0, 0.1) is 0 Å². The Morgan fingerprint density at radius 1 is 0.660 bits per heavy atom. The normalized spacial score (nSPS) is 11.8. The maximum absolute atomic E-state index is 14.3. The van der Waals surface area contributed by atoms with E-state index in [1.54, 1.807) is 24.3 Å². The van der Waals surface area contributed by atoms with Crippen molar-refractivity contribution < 1.29 is 55.0 Å². The zero-order valence-corrected chi connectivity index (χ0v) is 26.8. The molecule has 0 fully saturated rings. The first-order valence-corrected chi connectivity index (χ1v) is 15.3. The molecule has 7 nitrogen and oxygen atoms in total. The highest BCUT2D eigenvalue weighted by molar-refractivity contribution is 6.10. The number of nitrogens with one attached hydrogen (secondary N) is 1. The van der Waals surface area contributed by atoms with Gasteiger partial charge in [0.15, 0.2) is 5.41 Å². The van der Waals surface area contributed by atoms with E-state index in [-0.39, 0.29) is 29.9 Å². The predicted molar refractivity (Wildman–Crippen MR) is 171 cm³/mol. The number of esters is 2. The van der Waals surface area contributed by atoms with Crippen molar-refractivity contribution >= 4 is 29.3 Å². The topological polar surface area (TPSA) is 98.8 Å². The molecule has 0 aliphatic carbocycles. The van der Waals surface area contributed by atoms with E-state index >= 15 is 0 Å². The van der Waals surface area contributed by atoms with Crippen LogP contribution in [0.3, 0.4) is 0 Å². The van der Waals surface area contributed by atoms with Gasteiger partial charge in [0.2, 0.25) is 0 Å². The second-order valence-electron chi connectivity index (χ2n) is 11.1. The Morgan fingerprint density at radius 2 is 1.24 bits per heavy atom. The molecule has 4 aromatic rings. The largest absolute Gasteiger partial charge is 0.465 e. The Kier molecular flexibility index (Phi) is 11.5. The Labute approximate surface area is 283 Å². The molecule has 1 N–H and O–H groups in total. The Balaban J connectivity index is 1.69. The molecule has 0 bridgehead atoms. The van der Waals surface area contributed by atoms with Crippen molar-refractivity contribution in [2.24, 2.45) is 0 Å². The third kappa shape index (κ3) is 8.39. The van der Waals surface area contributed by atoms with Crippen molar-refractivity contribution in [2.45, 2.75) is 44.5 Å².